The summed E-state index contributed by atoms with van der Waals surface area (Å²) in [4.78, 5) is 0. The standard InChI is InChI=1S/C9H19N/c1-4-6-7-9(10)8(3)5-2/h5,8-9H,2,4,6-7,10H2,1,3H3/t8-,9-/m1/s1. The van der Waals surface area contributed by atoms with Crippen LogP contribution in [0.4, 0.5) is 0 Å². The van der Waals surface area contributed by atoms with Crippen LogP contribution in [-0.4, -0.2) is 6.04 Å². The van der Waals surface area contributed by atoms with Gasteiger partial charge in [-0.2, -0.15) is 0 Å². The molecule has 0 aliphatic heterocycles. The Balaban J connectivity index is 3.40. The molecular formula is C9H19N. The maximum Gasteiger partial charge on any atom is 0.00991 e. The van der Waals surface area contributed by atoms with Crippen LogP contribution in [-0.2, 0) is 0 Å². The predicted molar refractivity (Wildman–Crippen MR) is 46.9 cm³/mol. The molecule has 0 aromatic rings. The van der Waals surface area contributed by atoms with Gasteiger partial charge in [0, 0.05) is 6.04 Å². The molecule has 2 N–H and O–H groups in total. The van der Waals surface area contributed by atoms with Gasteiger partial charge in [0.2, 0.25) is 0 Å². The molecule has 10 heavy (non-hydrogen) atoms. The van der Waals surface area contributed by atoms with E-state index in [0.29, 0.717) is 12.0 Å². The highest BCUT2D eigenvalue weighted by Gasteiger charge is 2.06. The van der Waals surface area contributed by atoms with E-state index < -0.39 is 0 Å². The summed E-state index contributed by atoms with van der Waals surface area (Å²) in [6, 6.07) is 0.317. The quantitative estimate of drug-likeness (QED) is 0.584. The van der Waals surface area contributed by atoms with E-state index in [-0.39, 0.29) is 0 Å². The van der Waals surface area contributed by atoms with Crippen molar-refractivity contribution in [1.29, 1.82) is 0 Å². The van der Waals surface area contributed by atoms with Crippen LogP contribution in [0.3, 0.4) is 0 Å². The fourth-order valence-electron chi connectivity index (χ4n) is 0.878. The van der Waals surface area contributed by atoms with E-state index in [9.17, 15) is 0 Å². The first-order chi connectivity index (χ1) is 4.72. The summed E-state index contributed by atoms with van der Waals surface area (Å²) in [6.45, 7) is 8.01. The molecule has 1 heteroatoms. The Labute approximate surface area is 64.3 Å². The Morgan fingerprint density at radius 1 is 1.60 bits per heavy atom. The topological polar surface area (TPSA) is 26.0 Å². The lowest BCUT2D eigenvalue weighted by Crippen LogP contribution is -2.26. The molecule has 0 aliphatic rings. The average molecular weight is 141 g/mol. The van der Waals surface area contributed by atoms with Crippen LogP contribution in [0.25, 0.3) is 0 Å². The van der Waals surface area contributed by atoms with Crippen LogP contribution in [0.2, 0.25) is 0 Å². The smallest absolute Gasteiger partial charge is 0.00991 e. The Morgan fingerprint density at radius 2 is 2.20 bits per heavy atom. The fraction of sp³-hybridized carbons (Fsp3) is 0.778. The molecule has 1 nitrogen and oxygen atoms in total. The second kappa shape index (κ2) is 5.48. The van der Waals surface area contributed by atoms with E-state index in [1.54, 1.807) is 0 Å². The molecule has 0 saturated carbocycles. The summed E-state index contributed by atoms with van der Waals surface area (Å²) in [5, 5.41) is 0. The van der Waals surface area contributed by atoms with Crippen molar-refractivity contribution in [2.45, 2.75) is 39.2 Å². The third kappa shape index (κ3) is 3.67. The molecule has 60 valence electrons. The third-order valence-corrected chi connectivity index (χ3v) is 1.94. The van der Waals surface area contributed by atoms with Crippen molar-refractivity contribution in [3.8, 4) is 0 Å². The van der Waals surface area contributed by atoms with Gasteiger partial charge in [-0.15, -0.1) is 6.58 Å². The molecule has 0 rings (SSSR count). The zero-order valence-electron chi connectivity index (χ0n) is 7.14. The number of hydrogen-bond acceptors (Lipinski definition) is 1. The normalized spacial score (nSPS) is 16.3. The highest BCUT2D eigenvalue weighted by molar-refractivity contribution is 4.83. The van der Waals surface area contributed by atoms with E-state index in [2.05, 4.69) is 20.4 Å². The molecule has 2 atom stereocenters. The third-order valence-electron chi connectivity index (χ3n) is 1.94. The number of nitrogens with two attached hydrogens (primary N) is 1. The molecule has 0 bridgehead atoms. The zero-order chi connectivity index (χ0) is 7.98. The molecule has 0 heterocycles. The Hall–Kier alpha value is -0.300. The molecule has 0 aromatic carbocycles. The Kier molecular flexibility index (Phi) is 5.32. The first kappa shape index (κ1) is 9.70. The van der Waals surface area contributed by atoms with Gasteiger partial charge in [-0.25, -0.2) is 0 Å². The molecule has 0 aliphatic carbocycles. The van der Waals surface area contributed by atoms with E-state index in [1.165, 1.54) is 12.8 Å². The maximum atomic E-state index is 5.84. The molecule has 0 saturated heterocycles. The van der Waals surface area contributed by atoms with Crippen molar-refractivity contribution in [2.75, 3.05) is 0 Å². The Morgan fingerprint density at radius 3 is 2.60 bits per heavy atom. The predicted octanol–water partition coefficient (Wildman–Crippen LogP) is 2.33. The molecule has 0 amide bonds. The Bertz CT molecular complexity index is 88.7. The first-order valence-corrected chi connectivity index (χ1v) is 4.10. The number of rotatable bonds is 5. The van der Waals surface area contributed by atoms with Crippen LogP contribution in [0.15, 0.2) is 12.7 Å². The second-order valence-corrected chi connectivity index (χ2v) is 2.90. The van der Waals surface area contributed by atoms with E-state index in [0.717, 1.165) is 6.42 Å². The molecule has 0 unspecified atom stereocenters. The SMILES string of the molecule is C=C[C@@H](C)[C@H](N)CCCC. The fourth-order valence-corrected chi connectivity index (χ4v) is 0.878. The van der Waals surface area contributed by atoms with Gasteiger partial charge in [0.15, 0.2) is 0 Å². The second-order valence-electron chi connectivity index (χ2n) is 2.90. The zero-order valence-corrected chi connectivity index (χ0v) is 7.14. The van der Waals surface area contributed by atoms with Gasteiger partial charge < -0.3 is 5.73 Å². The van der Waals surface area contributed by atoms with Gasteiger partial charge in [-0.05, 0) is 12.3 Å². The van der Waals surface area contributed by atoms with E-state index in [4.69, 9.17) is 5.73 Å². The van der Waals surface area contributed by atoms with Crippen LogP contribution in [0.1, 0.15) is 33.1 Å². The summed E-state index contributed by atoms with van der Waals surface area (Å²) in [5.41, 5.74) is 5.84. The van der Waals surface area contributed by atoms with Crippen molar-refractivity contribution in [1.82, 2.24) is 0 Å². The van der Waals surface area contributed by atoms with Crippen molar-refractivity contribution >= 4 is 0 Å². The highest BCUT2D eigenvalue weighted by atomic mass is 14.6. The van der Waals surface area contributed by atoms with Crippen molar-refractivity contribution in [3.05, 3.63) is 12.7 Å². The van der Waals surface area contributed by atoms with Crippen LogP contribution in [0, 0.1) is 5.92 Å². The van der Waals surface area contributed by atoms with Crippen molar-refractivity contribution in [3.63, 3.8) is 0 Å². The molecule has 0 fully saturated rings. The molecule has 0 aromatic heterocycles. The number of hydrogen-bond donors (Lipinski definition) is 1. The maximum absolute atomic E-state index is 5.84. The molecular weight excluding hydrogens is 122 g/mol. The summed E-state index contributed by atoms with van der Waals surface area (Å²) >= 11 is 0. The van der Waals surface area contributed by atoms with Crippen molar-refractivity contribution < 1.29 is 0 Å². The lowest BCUT2D eigenvalue weighted by Gasteiger charge is -2.14. The number of unbranched alkanes of at least 4 members (excludes halogenated alkanes) is 1. The van der Waals surface area contributed by atoms with Crippen LogP contribution < -0.4 is 5.73 Å². The highest BCUT2D eigenvalue weighted by Crippen LogP contribution is 2.08. The van der Waals surface area contributed by atoms with Gasteiger partial charge >= 0.3 is 0 Å². The monoisotopic (exact) mass is 141 g/mol. The van der Waals surface area contributed by atoms with Gasteiger partial charge in [0.1, 0.15) is 0 Å². The minimum atomic E-state index is 0.317. The summed E-state index contributed by atoms with van der Waals surface area (Å²) in [6.07, 6.45) is 5.53. The molecule has 0 radical (unpaired) electrons. The average Bonchev–Trinajstić information content (AvgIpc) is 1.98. The van der Waals surface area contributed by atoms with E-state index >= 15 is 0 Å². The lowest BCUT2D eigenvalue weighted by atomic mass is 9.98. The van der Waals surface area contributed by atoms with Gasteiger partial charge in [-0.3, -0.25) is 0 Å². The summed E-state index contributed by atoms with van der Waals surface area (Å²) in [5.74, 6) is 0.464. The first-order valence-electron chi connectivity index (χ1n) is 4.10. The van der Waals surface area contributed by atoms with Crippen LogP contribution in [0.5, 0.6) is 0 Å². The molecule has 0 spiro atoms. The van der Waals surface area contributed by atoms with E-state index in [1.807, 2.05) is 6.08 Å². The van der Waals surface area contributed by atoms with Crippen molar-refractivity contribution in [2.24, 2.45) is 11.7 Å². The minimum absolute atomic E-state index is 0.317. The largest absolute Gasteiger partial charge is 0.327 e. The van der Waals surface area contributed by atoms with Crippen LogP contribution >= 0.6 is 0 Å². The summed E-state index contributed by atoms with van der Waals surface area (Å²) < 4.78 is 0. The van der Waals surface area contributed by atoms with Gasteiger partial charge in [0.25, 0.3) is 0 Å². The minimum Gasteiger partial charge on any atom is -0.327 e. The summed E-state index contributed by atoms with van der Waals surface area (Å²) in [7, 11) is 0. The van der Waals surface area contributed by atoms with Gasteiger partial charge in [0.05, 0.1) is 0 Å². The lowest BCUT2D eigenvalue weighted by molar-refractivity contribution is 0.485. The van der Waals surface area contributed by atoms with Gasteiger partial charge in [-0.1, -0.05) is 32.8 Å².